The number of nitrogens with zero attached hydrogens (tertiary/aromatic N) is 2. The van der Waals surface area contributed by atoms with Crippen LogP contribution >= 0.6 is 11.3 Å². The van der Waals surface area contributed by atoms with Gasteiger partial charge in [0.05, 0.1) is 10.5 Å². The summed E-state index contributed by atoms with van der Waals surface area (Å²) >= 11 is 1.27. The maximum atomic E-state index is 12.8. The molecule has 8 nitrogen and oxygen atoms in total. The van der Waals surface area contributed by atoms with E-state index >= 15 is 0 Å². The fourth-order valence-corrected chi connectivity index (χ4v) is 4.16. The van der Waals surface area contributed by atoms with Crippen LogP contribution in [0.1, 0.15) is 33.3 Å². The van der Waals surface area contributed by atoms with E-state index in [1.165, 1.54) is 23.5 Å². The van der Waals surface area contributed by atoms with Crippen LogP contribution in [0.3, 0.4) is 0 Å². The van der Waals surface area contributed by atoms with E-state index in [1.807, 2.05) is 12.1 Å². The number of rotatable bonds is 5. The van der Waals surface area contributed by atoms with E-state index in [0.717, 1.165) is 16.0 Å². The Kier molecular flexibility index (Phi) is 5.04. The number of benzene rings is 2. The third-order valence-corrected chi connectivity index (χ3v) is 5.75. The van der Waals surface area contributed by atoms with Crippen LogP contribution in [0.4, 0.5) is 10.8 Å². The molecule has 1 N–H and O–H groups in total. The van der Waals surface area contributed by atoms with Crippen LogP contribution in [0.5, 0.6) is 0 Å². The molecule has 1 atom stereocenters. The highest BCUT2D eigenvalue weighted by molar-refractivity contribution is 7.15. The maximum Gasteiger partial charge on any atom is 0.339 e. The van der Waals surface area contributed by atoms with Crippen molar-refractivity contribution < 1.29 is 19.2 Å². The van der Waals surface area contributed by atoms with E-state index in [2.05, 4.69) is 10.3 Å². The molecule has 1 aromatic heterocycles. The molecule has 1 amide bonds. The van der Waals surface area contributed by atoms with Gasteiger partial charge >= 0.3 is 5.97 Å². The molecule has 0 unspecified atom stereocenters. The molecule has 4 rings (SSSR count). The fourth-order valence-electron chi connectivity index (χ4n) is 3.32. The van der Waals surface area contributed by atoms with Gasteiger partial charge in [0.25, 0.3) is 11.6 Å². The number of hydrogen-bond acceptors (Lipinski definition) is 7. The number of esters is 1. The summed E-state index contributed by atoms with van der Waals surface area (Å²) < 4.78 is 5.43. The lowest BCUT2D eigenvalue weighted by atomic mass is 9.89. The molecular weight excluding hydrogens is 406 g/mol. The Labute approximate surface area is 175 Å². The Bertz CT molecular complexity index is 1160. The van der Waals surface area contributed by atoms with Gasteiger partial charge in [-0.1, -0.05) is 30.3 Å². The van der Waals surface area contributed by atoms with Gasteiger partial charge in [0.1, 0.15) is 0 Å². The number of nitrogens with one attached hydrogen (secondary N) is 1. The van der Waals surface area contributed by atoms with E-state index in [4.69, 9.17) is 4.74 Å². The summed E-state index contributed by atoms with van der Waals surface area (Å²) in [6.45, 7) is 1.58. The number of non-ortho nitro benzene ring substituents is 1. The van der Waals surface area contributed by atoms with Gasteiger partial charge in [0, 0.05) is 36.0 Å². The van der Waals surface area contributed by atoms with E-state index in [9.17, 15) is 19.7 Å². The quantitative estimate of drug-likeness (QED) is 0.380. The minimum absolute atomic E-state index is 0.0258. The number of fused-ring (bicyclic) bond motifs is 1. The first-order chi connectivity index (χ1) is 14.3. The molecule has 1 aliphatic rings. The highest BCUT2D eigenvalue weighted by Crippen LogP contribution is 2.30. The van der Waals surface area contributed by atoms with Gasteiger partial charge in [-0.3, -0.25) is 20.2 Å². The van der Waals surface area contributed by atoms with E-state index in [0.29, 0.717) is 17.1 Å². The topological polar surface area (TPSA) is 111 Å². The van der Waals surface area contributed by atoms with Crippen LogP contribution in [0, 0.1) is 10.1 Å². The SMILES string of the molecule is C[C@@]1(C(=O)Nc2ncc(Cc3cccc([N+](=O)[O-])c3)s2)Cc2ccccc2C(=O)O1. The number of nitro groups is 1. The monoisotopic (exact) mass is 423 g/mol. The van der Waals surface area contributed by atoms with E-state index in [1.54, 1.807) is 37.4 Å². The molecule has 9 heteroatoms. The van der Waals surface area contributed by atoms with E-state index in [-0.39, 0.29) is 12.1 Å². The fraction of sp³-hybridized carbons (Fsp3) is 0.190. The number of aromatic nitrogens is 1. The smallest absolute Gasteiger partial charge is 0.339 e. The number of carbonyl (C=O) groups is 2. The number of amides is 1. The zero-order valence-corrected chi connectivity index (χ0v) is 16.8. The number of carbonyl (C=O) groups excluding carboxylic acids is 2. The summed E-state index contributed by atoms with van der Waals surface area (Å²) in [7, 11) is 0. The van der Waals surface area contributed by atoms with E-state index < -0.39 is 22.4 Å². The van der Waals surface area contributed by atoms with Crippen LogP contribution in [0.15, 0.2) is 54.7 Å². The summed E-state index contributed by atoms with van der Waals surface area (Å²) in [5.41, 5.74) is 0.693. The molecule has 2 heterocycles. The second kappa shape index (κ2) is 7.68. The minimum Gasteiger partial charge on any atom is -0.445 e. The van der Waals surface area contributed by atoms with Crippen molar-refractivity contribution >= 4 is 34.0 Å². The van der Waals surface area contributed by atoms with Gasteiger partial charge in [0.15, 0.2) is 10.7 Å². The Hall–Kier alpha value is -3.59. The molecule has 0 saturated heterocycles. The highest BCUT2D eigenvalue weighted by Gasteiger charge is 2.42. The number of ether oxygens (including phenoxy) is 1. The molecule has 0 fully saturated rings. The van der Waals surface area contributed by atoms with Crippen molar-refractivity contribution in [3.8, 4) is 0 Å². The second-order valence-electron chi connectivity index (χ2n) is 7.14. The lowest BCUT2D eigenvalue weighted by Gasteiger charge is -2.32. The molecule has 30 heavy (non-hydrogen) atoms. The Balaban J connectivity index is 1.46. The average molecular weight is 423 g/mol. The maximum absolute atomic E-state index is 12.8. The Morgan fingerprint density at radius 3 is 2.90 bits per heavy atom. The van der Waals surface area contributed by atoms with Crippen molar-refractivity contribution in [2.24, 2.45) is 0 Å². The van der Waals surface area contributed by atoms with Crippen LogP contribution in [0.25, 0.3) is 0 Å². The predicted octanol–water partition coefficient (Wildman–Crippen LogP) is 3.75. The molecular formula is C21H17N3O5S. The molecule has 0 saturated carbocycles. The second-order valence-corrected chi connectivity index (χ2v) is 8.26. The van der Waals surface area contributed by atoms with Crippen molar-refractivity contribution in [3.05, 3.63) is 86.4 Å². The van der Waals surface area contributed by atoms with Crippen molar-refractivity contribution in [1.29, 1.82) is 0 Å². The molecule has 0 bridgehead atoms. The van der Waals surface area contributed by atoms with Gasteiger partial charge < -0.3 is 4.74 Å². The number of thiazole rings is 1. The van der Waals surface area contributed by atoms with Crippen molar-refractivity contribution in [1.82, 2.24) is 4.98 Å². The first kappa shape index (κ1) is 19.7. The van der Waals surface area contributed by atoms with Crippen LogP contribution in [-0.4, -0.2) is 27.4 Å². The predicted molar refractivity (Wildman–Crippen MR) is 111 cm³/mol. The lowest BCUT2D eigenvalue weighted by molar-refractivity contribution is -0.384. The third kappa shape index (κ3) is 3.92. The highest BCUT2D eigenvalue weighted by atomic mass is 32.1. The number of hydrogen-bond donors (Lipinski definition) is 1. The summed E-state index contributed by atoms with van der Waals surface area (Å²) in [6, 6.07) is 13.4. The van der Waals surface area contributed by atoms with Crippen molar-refractivity contribution in [2.75, 3.05) is 5.32 Å². The number of nitro benzene ring substituents is 1. The van der Waals surface area contributed by atoms with Crippen LogP contribution < -0.4 is 5.32 Å². The first-order valence-electron chi connectivity index (χ1n) is 9.15. The van der Waals surface area contributed by atoms with Crippen molar-refractivity contribution in [3.63, 3.8) is 0 Å². The zero-order valence-electron chi connectivity index (χ0n) is 16.0. The molecule has 3 aromatic rings. The molecule has 0 radical (unpaired) electrons. The summed E-state index contributed by atoms with van der Waals surface area (Å²) in [5, 5.41) is 14.0. The van der Waals surface area contributed by atoms with Crippen molar-refractivity contribution in [2.45, 2.75) is 25.4 Å². The van der Waals surface area contributed by atoms with Crippen LogP contribution in [-0.2, 0) is 22.4 Å². The number of anilines is 1. The Morgan fingerprint density at radius 2 is 2.10 bits per heavy atom. The largest absolute Gasteiger partial charge is 0.445 e. The average Bonchev–Trinajstić information content (AvgIpc) is 3.14. The summed E-state index contributed by atoms with van der Waals surface area (Å²) in [4.78, 5) is 40.6. The van der Waals surface area contributed by atoms with Crippen LogP contribution in [0.2, 0.25) is 0 Å². The standard InChI is InChI=1S/C21H17N3O5S/c1-21(11-14-6-2-3-8-17(14)18(25)29-21)19(26)23-20-22-12-16(30-20)10-13-5-4-7-15(9-13)24(27)28/h2-9,12H,10-11H2,1H3,(H,22,23,26)/t21-/m0/s1. The normalized spacial score (nSPS) is 17.7. The number of cyclic esters (lactones) is 1. The first-order valence-corrected chi connectivity index (χ1v) is 9.96. The molecule has 152 valence electrons. The molecule has 0 spiro atoms. The zero-order chi connectivity index (χ0) is 21.3. The lowest BCUT2D eigenvalue weighted by Crippen LogP contribution is -2.48. The van der Waals surface area contributed by atoms with Gasteiger partial charge in [-0.15, -0.1) is 11.3 Å². The molecule has 2 aromatic carbocycles. The third-order valence-electron chi connectivity index (χ3n) is 4.84. The van der Waals surface area contributed by atoms with Gasteiger partial charge in [-0.05, 0) is 24.1 Å². The summed E-state index contributed by atoms with van der Waals surface area (Å²) in [6.07, 6.45) is 2.34. The molecule has 1 aliphatic heterocycles. The summed E-state index contributed by atoms with van der Waals surface area (Å²) in [5.74, 6) is -0.985. The minimum atomic E-state index is -1.34. The van der Waals surface area contributed by atoms with Gasteiger partial charge in [0.2, 0.25) is 0 Å². The molecule has 0 aliphatic carbocycles. The van der Waals surface area contributed by atoms with Gasteiger partial charge in [-0.2, -0.15) is 0 Å². The van der Waals surface area contributed by atoms with Gasteiger partial charge in [-0.25, -0.2) is 9.78 Å². The Morgan fingerprint density at radius 1 is 1.30 bits per heavy atom.